The number of pyridine rings is 1. The highest BCUT2D eigenvalue weighted by molar-refractivity contribution is 5.80. The monoisotopic (exact) mass is 379 g/mol. The topological polar surface area (TPSA) is 67.5 Å². The van der Waals surface area contributed by atoms with Gasteiger partial charge in [0.2, 0.25) is 0 Å². The number of nitrogens with zero attached hydrogens (tertiary/aromatic N) is 2. The van der Waals surface area contributed by atoms with Gasteiger partial charge < -0.3 is 19.4 Å². The van der Waals surface area contributed by atoms with Crippen LogP contribution < -0.4 is 9.47 Å². The lowest BCUT2D eigenvalue weighted by Crippen LogP contribution is -2.40. The third-order valence-corrected chi connectivity index (χ3v) is 5.44. The van der Waals surface area contributed by atoms with Crippen molar-refractivity contribution in [1.82, 2.24) is 14.9 Å². The summed E-state index contributed by atoms with van der Waals surface area (Å²) in [6.45, 7) is 3.50. The molecule has 4 rings (SSSR count). The Morgan fingerprint density at radius 1 is 1.25 bits per heavy atom. The predicted octanol–water partition coefficient (Wildman–Crippen LogP) is 3.66. The fraction of sp³-hybridized carbons (Fsp3) is 0.364. The molecule has 146 valence electrons. The van der Waals surface area contributed by atoms with Crippen molar-refractivity contribution in [3.05, 3.63) is 53.9 Å². The first-order chi connectivity index (χ1) is 13.7. The van der Waals surface area contributed by atoms with Crippen LogP contribution in [-0.2, 0) is 4.79 Å². The molecule has 1 fully saturated rings. The van der Waals surface area contributed by atoms with E-state index in [4.69, 9.17) is 9.47 Å². The summed E-state index contributed by atoms with van der Waals surface area (Å²) < 4.78 is 11.1. The second-order valence-electron chi connectivity index (χ2n) is 7.24. The molecule has 0 spiro atoms. The van der Waals surface area contributed by atoms with Crippen LogP contribution in [-0.4, -0.2) is 47.6 Å². The van der Waals surface area contributed by atoms with Crippen molar-refractivity contribution in [1.29, 1.82) is 0 Å². The lowest BCUT2D eigenvalue weighted by molar-refractivity contribution is -0.134. The molecular weight excluding hydrogens is 354 g/mol. The maximum Gasteiger partial charge on any atom is 0.260 e. The standard InChI is InChI=1S/C22H25N3O3/c1-15-5-6-19(20(12-15)27-2)28-14-21(26)25-10-7-16(8-11-25)18-13-24-22-17(18)4-3-9-23-22/h3-6,9,12-13,16H,7-8,10-11,14H2,1-2H3,(H,23,24). The summed E-state index contributed by atoms with van der Waals surface area (Å²) in [5.41, 5.74) is 3.32. The Kier molecular flexibility index (Phi) is 5.19. The molecule has 1 aliphatic heterocycles. The number of amides is 1. The van der Waals surface area contributed by atoms with Crippen molar-refractivity contribution in [3.63, 3.8) is 0 Å². The van der Waals surface area contributed by atoms with E-state index in [1.54, 1.807) is 13.3 Å². The summed E-state index contributed by atoms with van der Waals surface area (Å²) in [5, 5.41) is 1.18. The number of hydrogen-bond donors (Lipinski definition) is 1. The van der Waals surface area contributed by atoms with Crippen molar-refractivity contribution in [2.24, 2.45) is 0 Å². The van der Waals surface area contributed by atoms with Gasteiger partial charge in [0.05, 0.1) is 7.11 Å². The smallest absolute Gasteiger partial charge is 0.260 e. The van der Waals surface area contributed by atoms with Crippen LogP contribution in [0.25, 0.3) is 11.0 Å². The number of ether oxygens (including phenoxy) is 2. The van der Waals surface area contributed by atoms with Crippen LogP contribution in [0.1, 0.15) is 29.9 Å². The molecule has 0 radical (unpaired) electrons. The highest BCUT2D eigenvalue weighted by Crippen LogP contribution is 2.33. The van der Waals surface area contributed by atoms with Crippen LogP contribution in [0.2, 0.25) is 0 Å². The van der Waals surface area contributed by atoms with Crippen LogP contribution >= 0.6 is 0 Å². The van der Waals surface area contributed by atoms with Gasteiger partial charge in [0.15, 0.2) is 18.1 Å². The van der Waals surface area contributed by atoms with Crippen LogP contribution in [0, 0.1) is 6.92 Å². The Morgan fingerprint density at radius 2 is 2.07 bits per heavy atom. The molecular formula is C22H25N3O3. The van der Waals surface area contributed by atoms with Crippen molar-refractivity contribution in [2.75, 3.05) is 26.8 Å². The number of likely N-dealkylation sites (tertiary alicyclic amines) is 1. The van der Waals surface area contributed by atoms with Crippen molar-refractivity contribution < 1.29 is 14.3 Å². The van der Waals surface area contributed by atoms with E-state index in [2.05, 4.69) is 22.2 Å². The Balaban J connectivity index is 1.34. The van der Waals surface area contributed by atoms with E-state index in [1.165, 1.54) is 10.9 Å². The summed E-state index contributed by atoms with van der Waals surface area (Å²) >= 11 is 0. The number of carbonyl (C=O) groups excluding carboxylic acids is 1. The van der Waals surface area contributed by atoms with Gasteiger partial charge in [0.1, 0.15) is 5.65 Å². The third-order valence-electron chi connectivity index (χ3n) is 5.44. The molecule has 1 amide bonds. The Hall–Kier alpha value is -3.02. The first kappa shape index (κ1) is 18.3. The molecule has 1 N–H and O–H groups in total. The fourth-order valence-corrected chi connectivity index (χ4v) is 3.88. The zero-order valence-electron chi connectivity index (χ0n) is 16.3. The lowest BCUT2D eigenvalue weighted by Gasteiger charge is -2.32. The van der Waals surface area contributed by atoms with Crippen LogP contribution in [0.15, 0.2) is 42.7 Å². The van der Waals surface area contributed by atoms with E-state index in [1.807, 2.05) is 36.1 Å². The SMILES string of the molecule is COc1cc(C)ccc1OCC(=O)N1CCC(c2c[nH]c3ncccc23)CC1. The van der Waals surface area contributed by atoms with Gasteiger partial charge in [-0.05, 0) is 61.1 Å². The van der Waals surface area contributed by atoms with Gasteiger partial charge in [0.25, 0.3) is 5.91 Å². The second-order valence-corrected chi connectivity index (χ2v) is 7.24. The van der Waals surface area contributed by atoms with Gasteiger partial charge in [-0.2, -0.15) is 0 Å². The first-order valence-electron chi connectivity index (χ1n) is 9.63. The number of nitrogens with one attached hydrogen (secondary N) is 1. The van der Waals surface area contributed by atoms with E-state index in [-0.39, 0.29) is 12.5 Å². The number of rotatable bonds is 5. The number of aryl methyl sites for hydroxylation is 1. The molecule has 0 atom stereocenters. The normalized spacial score (nSPS) is 15.0. The zero-order chi connectivity index (χ0) is 19.5. The number of methoxy groups -OCH3 is 1. The predicted molar refractivity (Wildman–Crippen MR) is 108 cm³/mol. The summed E-state index contributed by atoms with van der Waals surface area (Å²) in [4.78, 5) is 22.1. The van der Waals surface area contributed by atoms with E-state index >= 15 is 0 Å². The number of piperidine rings is 1. The number of benzene rings is 1. The summed E-state index contributed by atoms with van der Waals surface area (Å²) in [6, 6.07) is 9.77. The fourth-order valence-electron chi connectivity index (χ4n) is 3.88. The molecule has 3 aromatic rings. The molecule has 0 unspecified atom stereocenters. The first-order valence-corrected chi connectivity index (χ1v) is 9.63. The minimum absolute atomic E-state index is 0.0154. The minimum atomic E-state index is 0.0154. The van der Waals surface area contributed by atoms with E-state index in [9.17, 15) is 4.79 Å². The molecule has 3 heterocycles. The van der Waals surface area contributed by atoms with Crippen molar-refractivity contribution >= 4 is 16.9 Å². The number of H-pyrrole nitrogens is 1. The van der Waals surface area contributed by atoms with Gasteiger partial charge in [-0.3, -0.25) is 4.79 Å². The van der Waals surface area contributed by atoms with Crippen LogP contribution in [0.3, 0.4) is 0 Å². The summed E-state index contributed by atoms with van der Waals surface area (Å²) in [5.74, 6) is 1.71. The molecule has 1 aromatic carbocycles. The maximum atomic E-state index is 12.6. The Bertz CT molecular complexity index is 974. The highest BCUT2D eigenvalue weighted by atomic mass is 16.5. The van der Waals surface area contributed by atoms with Crippen molar-refractivity contribution in [2.45, 2.75) is 25.7 Å². The van der Waals surface area contributed by atoms with Gasteiger partial charge in [-0.25, -0.2) is 4.98 Å². The largest absolute Gasteiger partial charge is 0.493 e. The van der Waals surface area contributed by atoms with Crippen LogP contribution in [0.4, 0.5) is 0 Å². The van der Waals surface area contributed by atoms with E-state index < -0.39 is 0 Å². The summed E-state index contributed by atoms with van der Waals surface area (Å²) in [6.07, 6.45) is 5.75. The Morgan fingerprint density at radius 3 is 2.86 bits per heavy atom. The molecule has 2 aromatic heterocycles. The molecule has 6 heteroatoms. The average Bonchev–Trinajstić information content (AvgIpc) is 3.17. The Labute approximate surface area is 164 Å². The van der Waals surface area contributed by atoms with Gasteiger partial charge in [-0.15, -0.1) is 0 Å². The van der Waals surface area contributed by atoms with Gasteiger partial charge in [0, 0.05) is 30.9 Å². The molecule has 1 aliphatic rings. The molecule has 1 saturated heterocycles. The number of hydrogen-bond acceptors (Lipinski definition) is 4. The molecule has 6 nitrogen and oxygen atoms in total. The van der Waals surface area contributed by atoms with Crippen LogP contribution in [0.5, 0.6) is 11.5 Å². The molecule has 0 bridgehead atoms. The molecule has 0 saturated carbocycles. The van der Waals surface area contributed by atoms with E-state index in [0.717, 1.165) is 37.1 Å². The zero-order valence-corrected chi connectivity index (χ0v) is 16.3. The second kappa shape index (κ2) is 7.92. The number of carbonyl (C=O) groups is 1. The van der Waals surface area contributed by atoms with Crippen molar-refractivity contribution in [3.8, 4) is 11.5 Å². The summed E-state index contributed by atoms with van der Waals surface area (Å²) in [7, 11) is 1.61. The highest BCUT2D eigenvalue weighted by Gasteiger charge is 2.26. The molecule has 0 aliphatic carbocycles. The number of aromatic nitrogens is 2. The minimum Gasteiger partial charge on any atom is -0.493 e. The lowest BCUT2D eigenvalue weighted by atomic mass is 9.89. The van der Waals surface area contributed by atoms with E-state index in [0.29, 0.717) is 17.4 Å². The number of aromatic amines is 1. The maximum absolute atomic E-state index is 12.6. The molecule has 28 heavy (non-hydrogen) atoms. The number of fused-ring (bicyclic) bond motifs is 1. The van der Waals surface area contributed by atoms with Gasteiger partial charge >= 0.3 is 0 Å². The quantitative estimate of drug-likeness (QED) is 0.735. The van der Waals surface area contributed by atoms with Gasteiger partial charge in [-0.1, -0.05) is 6.07 Å². The third kappa shape index (κ3) is 3.67. The average molecular weight is 379 g/mol.